The predicted molar refractivity (Wildman–Crippen MR) is 89.9 cm³/mol. The van der Waals surface area contributed by atoms with Crippen LogP contribution in [-0.2, 0) is 23.9 Å². The lowest BCUT2D eigenvalue weighted by molar-refractivity contribution is -0.149. The van der Waals surface area contributed by atoms with Crippen LogP contribution < -0.4 is 5.32 Å². The zero-order chi connectivity index (χ0) is 17.6. The molecule has 0 spiro atoms. The van der Waals surface area contributed by atoms with Gasteiger partial charge >= 0.3 is 11.9 Å². The first-order valence-corrected chi connectivity index (χ1v) is 8.21. The second-order valence-corrected chi connectivity index (χ2v) is 6.22. The number of nitrogens with one attached hydrogen (secondary N) is 1. The number of amidine groups is 1. The standard InChI is InChI=1S/C16H18N2O5S/c1-3-23-14(21)16(10-9-12(19)22-2)13(20)18-15(24-16)17-11-7-5-4-6-8-11/h4-8H,3,9-10H2,1-2H3,(H,17,18,20). The summed E-state index contributed by atoms with van der Waals surface area (Å²) in [6, 6.07) is 9.04. The summed E-state index contributed by atoms with van der Waals surface area (Å²) >= 11 is 0.969. The van der Waals surface area contributed by atoms with Crippen molar-refractivity contribution in [3.63, 3.8) is 0 Å². The molecule has 0 aliphatic carbocycles. The number of benzene rings is 1. The summed E-state index contributed by atoms with van der Waals surface area (Å²) < 4.78 is 8.10. The highest BCUT2D eigenvalue weighted by molar-refractivity contribution is 8.17. The van der Waals surface area contributed by atoms with Crippen molar-refractivity contribution in [3.05, 3.63) is 30.3 Å². The lowest BCUT2D eigenvalue weighted by atomic mass is 10.0. The average Bonchev–Trinajstić information content (AvgIpc) is 2.90. The minimum atomic E-state index is -1.53. The Kier molecular flexibility index (Phi) is 5.97. The molecule has 0 radical (unpaired) electrons. The van der Waals surface area contributed by atoms with E-state index in [1.54, 1.807) is 19.1 Å². The Labute approximate surface area is 143 Å². The summed E-state index contributed by atoms with van der Waals surface area (Å²) in [4.78, 5) is 40.6. The number of para-hydroxylation sites is 1. The molecule has 1 aromatic carbocycles. The highest BCUT2D eigenvalue weighted by atomic mass is 32.2. The lowest BCUT2D eigenvalue weighted by Gasteiger charge is -2.21. The zero-order valence-corrected chi connectivity index (χ0v) is 14.2. The molecule has 1 fully saturated rings. The maximum Gasteiger partial charge on any atom is 0.332 e. The van der Waals surface area contributed by atoms with Crippen molar-refractivity contribution < 1.29 is 23.9 Å². The Hall–Kier alpha value is -2.35. The van der Waals surface area contributed by atoms with Crippen LogP contribution in [0.5, 0.6) is 0 Å². The predicted octanol–water partition coefficient (Wildman–Crippen LogP) is 1.79. The Morgan fingerprint density at radius 1 is 1.29 bits per heavy atom. The number of thioether (sulfide) groups is 1. The molecule has 1 unspecified atom stereocenters. The van der Waals surface area contributed by atoms with Gasteiger partial charge in [0.2, 0.25) is 0 Å². The van der Waals surface area contributed by atoms with Crippen molar-refractivity contribution in [2.45, 2.75) is 24.5 Å². The molecule has 1 N–H and O–H groups in total. The molecule has 8 heteroatoms. The molecule has 1 aliphatic heterocycles. The number of hydrogen-bond acceptors (Lipinski definition) is 7. The Bertz CT molecular complexity index is 662. The third-order valence-electron chi connectivity index (χ3n) is 3.36. The maximum atomic E-state index is 12.4. The van der Waals surface area contributed by atoms with E-state index in [0.717, 1.165) is 11.8 Å². The molecule has 24 heavy (non-hydrogen) atoms. The van der Waals surface area contributed by atoms with Gasteiger partial charge in [-0.05, 0) is 25.5 Å². The number of ether oxygens (including phenoxy) is 2. The lowest BCUT2D eigenvalue weighted by Crippen LogP contribution is -2.45. The summed E-state index contributed by atoms with van der Waals surface area (Å²) in [5.74, 6) is -1.72. The van der Waals surface area contributed by atoms with Gasteiger partial charge in [0, 0.05) is 6.42 Å². The quantitative estimate of drug-likeness (QED) is 0.621. The number of hydrogen-bond donors (Lipinski definition) is 1. The molecule has 1 atom stereocenters. The largest absolute Gasteiger partial charge is 0.469 e. The van der Waals surface area contributed by atoms with Gasteiger partial charge in [0.15, 0.2) is 9.91 Å². The van der Waals surface area contributed by atoms with Gasteiger partial charge in [-0.15, -0.1) is 0 Å². The first-order chi connectivity index (χ1) is 11.5. The summed E-state index contributed by atoms with van der Waals surface area (Å²) in [6.45, 7) is 1.79. The number of methoxy groups -OCH3 is 1. The third kappa shape index (κ3) is 3.94. The van der Waals surface area contributed by atoms with Crippen molar-refractivity contribution in [1.29, 1.82) is 0 Å². The minimum absolute atomic E-state index is 0.0250. The Morgan fingerprint density at radius 3 is 2.62 bits per heavy atom. The minimum Gasteiger partial charge on any atom is -0.469 e. The molecular weight excluding hydrogens is 332 g/mol. The fraction of sp³-hybridized carbons (Fsp3) is 0.375. The second-order valence-electron chi connectivity index (χ2n) is 4.93. The van der Waals surface area contributed by atoms with Crippen molar-refractivity contribution in [2.24, 2.45) is 4.99 Å². The van der Waals surface area contributed by atoms with Crippen LogP contribution in [-0.4, -0.2) is 41.5 Å². The molecule has 7 nitrogen and oxygen atoms in total. The van der Waals surface area contributed by atoms with Gasteiger partial charge in [0.05, 0.1) is 19.4 Å². The number of aliphatic imine (C=N–C) groups is 1. The van der Waals surface area contributed by atoms with Crippen molar-refractivity contribution >= 4 is 40.5 Å². The first-order valence-electron chi connectivity index (χ1n) is 7.40. The summed E-state index contributed by atoms with van der Waals surface area (Å²) in [5, 5.41) is 2.89. The molecule has 128 valence electrons. The number of nitrogens with zero attached hydrogens (tertiary/aromatic N) is 1. The van der Waals surface area contributed by atoms with Crippen molar-refractivity contribution in [3.8, 4) is 0 Å². The molecule has 0 aromatic heterocycles. The molecular formula is C16H18N2O5S. The molecule has 0 saturated carbocycles. The van der Waals surface area contributed by atoms with Crippen molar-refractivity contribution in [2.75, 3.05) is 13.7 Å². The van der Waals surface area contributed by atoms with Crippen molar-refractivity contribution in [1.82, 2.24) is 5.32 Å². The number of amides is 1. The monoisotopic (exact) mass is 350 g/mol. The van der Waals surface area contributed by atoms with E-state index in [4.69, 9.17) is 4.74 Å². The van der Waals surface area contributed by atoms with Gasteiger partial charge in [0.25, 0.3) is 5.91 Å². The number of rotatable bonds is 6. The molecule has 1 aromatic rings. The van der Waals surface area contributed by atoms with Crippen LogP contribution in [0.3, 0.4) is 0 Å². The normalized spacial score (nSPS) is 21.4. The highest BCUT2D eigenvalue weighted by Gasteiger charge is 2.54. The molecule has 2 rings (SSSR count). The van der Waals surface area contributed by atoms with Crippen LogP contribution in [0.1, 0.15) is 19.8 Å². The molecule has 1 heterocycles. The first kappa shape index (κ1) is 18.0. The van der Waals surface area contributed by atoms with Gasteiger partial charge in [-0.3, -0.25) is 9.59 Å². The summed E-state index contributed by atoms with van der Waals surface area (Å²) in [7, 11) is 1.25. The van der Waals surface area contributed by atoms with E-state index in [-0.39, 0.29) is 19.4 Å². The SMILES string of the molecule is CCOC(=O)C1(CCC(=O)OC)SC(=Nc2ccccc2)NC1=O. The fourth-order valence-electron chi connectivity index (χ4n) is 2.13. The zero-order valence-electron chi connectivity index (χ0n) is 13.4. The molecule has 0 bridgehead atoms. The van der Waals surface area contributed by atoms with Gasteiger partial charge in [-0.25, -0.2) is 9.79 Å². The van der Waals surface area contributed by atoms with E-state index in [2.05, 4.69) is 15.0 Å². The van der Waals surface area contributed by atoms with Crippen LogP contribution in [0.25, 0.3) is 0 Å². The van der Waals surface area contributed by atoms with Crippen LogP contribution >= 0.6 is 11.8 Å². The number of esters is 2. The van der Waals surface area contributed by atoms with Crippen LogP contribution in [0.2, 0.25) is 0 Å². The topological polar surface area (TPSA) is 94.1 Å². The maximum absolute atomic E-state index is 12.4. The van der Waals surface area contributed by atoms with Gasteiger partial charge in [0.1, 0.15) is 0 Å². The Balaban J connectivity index is 2.26. The van der Waals surface area contributed by atoms with E-state index in [0.29, 0.717) is 10.9 Å². The van der Waals surface area contributed by atoms with E-state index in [9.17, 15) is 14.4 Å². The summed E-state index contributed by atoms with van der Waals surface area (Å²) in [6.07, 6.45) is -0.100. The van der Waals surface area contributed by atoms with Gasteiger partial charge < -0.3 is 14.8 Å². The number of carbonyl (C=O) groups is 3. The van der Waals surface area contributed by atoms with Gasteiger partial charge in [-0.1, -0.05) is 30.0 Å². The summed E-state index contributed by atoms with van der Waals surface area (Å²) in [5.41, 5.74) is 0.646. The Morgan fingerprint density at radius 2 is 2.00 bits per heavy atom. The third-order valence-corrected chi connectivity index (χ3v) is 4.65. The fourth-order valence-corrected chi connectivity index (χ4v) is 3.25. The number of carbonyl (C=O) groups excluding carboxylic acids is 3. The molecule has 1 saturated heterocycles. The van der Waals surface area contributed by atoms with Crippen LogP contribution in [0.4, 0.5) is 5.69 Å². The molecule has 1 aliphatic rings. The highest BCUT2D eigenvalue weighted by Crippen LogP contribution is 2.38. The van der Waals surface area contributed by atoms with E-state index < -0.39 is 22.6 Å². The van der Waals surface area contributed by atoms with Crippen LogP contribution in [0, 0.1) is 0 Å². The van der Waals surface area contributed by atoms with E-state index in [1.807, 2.05) is 18.2 Å². The second kappa shape index (κ2) is 7.96. The average molecular weight is 350 g/mol. The molecule has 1 amide bonds. The van der Waals surface area contributed by atoms with Gasteiger partial charge in [-0.2, -0.15) is 0 Å². The van der Waals surface area contributed by atoms with E-state index >= 15 is 0 Å². The van der Waals surface area contributed by atoms with Crippen LogP contribution in [0.15, 0.2) is 35.3 Å². The smallest absolute Gasteiger partial charge is 0.332 e. The van der Waals surface area contributed by atoms with E-state index in [1.165, 1.54) is 7.11 Å².